The number of aryl methyl sites for hydroxylation is 1. The van der Waals surface area contributed by atoms with Gasteiger partial charge in [0.05, 0.1) is 6.54 Å². The maximum Gasteiger partial charge on any atom is 0.134 e. The SMILES string of the molecule is Cc1ccc2oc(CNCCCCCCCN(C)C)cc2c1. The highest BCUT2D eigenvalue weighted by Gasteiger charge is 2.03. The van der Waals surface area contributed by atoms with Crippen LogP contribution in [0.15, 0.2) is 28.7 Å². The van der Waals surface area contributed by atoms with Gasteiger partial charge in [-0.25, -0.2) is 0 Å². The summed E-state index contributed by atoms with van der Waals surface area (Å²) in [6.07, 6.45) is 6.58. The number of furan rings is 1. The van der Waals surface area contributed by atoms with Gasteiger partial charge < -0.3 is 14.6 Å². The van der Waals surface area contributed by atoms with Crippen molar-refractivity contribution in [3.8, 4) is 0 Å². The summed E-state index contributed by atoms with van der Waals surface area (Å²) in [5, 5.41) is 4.69. The lowest BCUT2D eigenvalue weighted by molar-refractivity contribution is 0.389. The second-order valence-corrected chi connectivity index (χ2v) is 6.50. The molecule has 1 heterocycles. The summed E-state index contributed by atoms with van der Waals surface area (Å²) >= 11 is 0. The standard InChI is InChI=1S/C19H30N2O/c1-16-9-10-19-17(13-16)14-18(22-19)15-20-11-7-5-4-6-8-12-21(2)3/h9-10,13-14,20H,4-8,11-12,15H2,1-3H3. The molecule has 2 rings (SSSR count). The van der Waals surface area contributed by atoms with Gasteiger partial charge in [0.2, 0.25) is 0 Å². The molecule has 22 heavy (non-hydrogen) atoms. The summed E-state index contributed by atoms with van der Waals surface area (Å²) in [6, 6.07) is 8.48. The first-order valence-electron chi connectivity index (χ1n) is 8.49. The highest BCUT2D eigenvalue weighted by atomic mass is 16.3. The van der Waals surface area contributed by atoms with Crippen molar-refractivity contribution < 1.29 is 4.42 Å². The molecule has 0 unspecified atom stereocenters. The molecule has 0 amide bonds. The monoisotopic (exact) mass is 302 g/mol. The van der Waals surface area contributed by atoms with E-state index in [1.807, 2.05) is 0 Å². The van der Waals surface area contributed by atoms with E-state index in [1.54, 1.807) is 0 Å². The van der Waals surface area contributed by atoms with Crippen LogP contribution >= 0.6 is 0 Å². The first kappa shape index (κ1) is 17.0. The average Bonchev–Trinajstić information content (AvgIpc) is 2.87. The molecule has 1 aromatic heterocycles. The van der Waals surface area contributed by atoms with Crippen LogP contribution in [0.5, 0.6) is 0 Å². The average molecular weight is 302 g/mol. The third-order valence-corrected chi connectivity index (χ3v) is 3.98. The van der Waals surface area contributed by atoms with Crippen LogP contribution in [-0.4, -0.2) is 32.1 Å². The lowest BCUT2D eigenvalue weighted by atomic mass is 10.1. The molecule has 0 saturated heterocycles. The van der Waals surface area contributed by atoms with Gasteiger partial charge >= 0.3 is 0 Å². The van der Waals surface area contributed by atoms with Crippen LogP contribution in [0.1, 0.15) is 43.4 Å². The molecule has 1 aromatic carbocycles. The topological polar surface area (TPSA) is 28.4 Å². The Bertz CT molecular complexity index is 560. The number of hydrogen-bond donors (Lipinski definition) is 1. The zero-order valence-corrected chi connectivity index (χ0v) is 14.3. The fraction of sp³-hybridized carbons (Fsp3) is 0.579. The smallest absolute Gasteiger partial charge is 0.134 e. The van der Waals surface area contributed by atoms with Gasteiger partial charge in [-0.1, -0.05) is 30.9 Å². The van der Waals surface area contributed by atoms with Crippen LogP contribution in [0.3, 0.4) is 0 Å². The van der Waals surface area contributed by atoms with Gasteiger partial charge in [-0.15, -0.1) is 0 Å². The van der Waals surface area contributed by atoms with Gasteiger partial charge in [0.15, 0.2) is 0 Å². The highest BCUT2D eigenvalue weighted by Crippen LogP contribution is 2.20. The summed E-state index contributed by atoms with van der Waals surface area (Å²) in [4.78, 5) is 2.26. The molecule has 0 aliphatic carbocycles. The number of fused-ring (bicyclic) bond motifs is 1. The van der Waals surface area contributed by atoms with E-state index in [2.05, 4.69) is 55.5 Å². The molecule has 0 fully saturated rings. The molecule has 0 spiro atoms. The van der Waals surface area contributed by atoms with Gasteiger partial charge in [0.25, 0.3) is 0 Å². The lowest BCUT2D eigenvalue weighted by Gasteiger charge is -2.08. The first-order valence-corrected chi connectivity index (χ1v) is 8.49. The van der Waals surface area contributed by atoms with Crippen LogP contribution in [0.4, 0.5) is 0 Å². The van der Waals surface area contributed by atoms with E-state index in [-0.39, 0.29) is 0 Å². The third-order valence-electron chi connectivity index (χ3n) is 3.98. The van der Waals surface area contributed by atoms with E-state index < -0.39 is 0 Å². The molecule has 2 aromatic rings. The van der Waals surface area contributed by atoms with Crippen LogP contribution in [0.2, 0.25) is 0 Å². The second-order valence-electron chi connectivity index (χ2n) is 6.50. The van der Waals surface area contributed by atoms with Gasteiger partial charge in [-0.05, 0) is 65.1 Å². The molecule has 0 radical (unpaired) electrons. The predicted molar refractivity (Wildman–Crippen MR) is 94.3 cm³/mol. The van der Waals surface area contributed by atoms with Gasteiger partial charge in [0, 0.05) is 5.39 Å². The van der Waals surface area contributed by atoms with Gasteiger partial charge in [-0.3, -0.25) is 0 Å². The van der Waals surface area contributed by atoms with Crippen molar-refractivity contribution in [2.45, 2.75) is 45.6 Å². The zero-order chi connectivity index (χ0) is 15.8. The van der Waals surface area contributed by atoms with E-state index in [4.69, 9.17) is 4.42 Å². The minimum Gasteiger partial charge on any atom is -0.460 e. The van der Waals surface area contributed by atoms with Crippen LogP contribution in [0.25, 0.3) is 11.0 Å². The zero-order valence-electron chi connectivity index (χ0n) is 14.3. The molecule has 0 saturated carbocycles. The normalized spacial score (nSPS) is 11.6. The Hall–Kier alpha value is -1.32. The van der Waals surface area contributed by atoms with Crippen molar-refractivity contribution >= 4 is 11.0 Å². The second kappa shape index (κ2) is 8.96. The fourth-order valence-electron chi connectivity index (χ4n) is 2.72. The largest absolute Gasteiger partial charge is 0.460 e. The van der Waals surface area contributed by atoms with Crippen molar-refractivity contribution in [1.82, 2.24) is 10.2 Å². The minimum atomic E-state index is 0.828. The van der Waals surface area contributed by atoms with Crippen LogP contribution in [-0.2, 0) is 6.54 Å². The maximum absolute atomic E-state index is 5.84. The fourth-order valence-corrected chi connectivity index (χ4v) is 2.72. The molecule has 122 valence electrons. The minimum absolute atomic E-state index is 0.828. The Morgan fingerprint density at radius 2 is 1.77 bits per heavy atom. The Balaban J connectivity index is 1.56. The van der Waals surface area contributed by atoms with E-state index in [9.17, 15) is 0 Å². The van der Waals surface area contributed by atoms with Crippen molar-refractivity contribution in [3.05, 3.63) is 35.6 Å². The molecule has 0 atom stereocenters. The summed E-state index contributed by atoms with van der Waals surface area (Å²) in [5.74, 6) is 1.03. The van der Waals surface area contributed by atoms with E-state index in [0.717, 1.165) is 24.4 Å². The van der Waals surface area contributed by atoms with Gasteiger partial charge in [0.1, 0.15) is 11.3 Å². The summed E-state index contributed by atoms with van der Waals surface area (Å²) in [7, 11) is 4.28. The van der Waals surface area contributed by atoms with Crippen LogP contribution < -0.4 is 5.32 Å². The highest BCUT2D eigenvalue weighted by molar-refractivity contribution is 5.78. The van der Waals surface area contributed by atoms with Crippen molar-refractivity contribution in [3.63, 3.8) is 0 Å². The van der Waals surface area contributed by atoms with Gasteiger partial charge in [-0.2, -0.15) is 0 Å². The number of benzene rings is 1. The Morgan fingerprint density at radius 3 is 2.59 bits per heavy atom. The third kappa shape index (κ3) is 5.82. The van der Waals surface area contributed by atoms with E-state index in [0.29, 0.717) is 0 Å². The van der Waals surface area contributed by atoms with Crippen molar-refractivity contribution in [1.29, 1.82) is 0 Å². The molecule has 3 heteroatoms. The maximum atomic E-state index is 5.84. The molecule has 1 N–H and O–H groups in total. The summed E-state index contributed by atoms with van der Waals surface area (Å²) in [6.45, 7) is 5.23. The molecule has 0 bridgehead atoms. The van der Waals surface area contributed by atoms with Crippen molar-refractivity contribution in [2.24, 2.45) is 0 Å². The molecular weight excluding hydrogens is 272 g/mol. The lowest BCUT2D eigenvalue weighted by Crippen LogP contribution is -2.14. The van der Waals surface area contributed by atoms with Crippen molar-refractivity contribution in [2.75, 3.05) is 27.2 Å². The Morgan fingerprint density at radius 1 is 1.00 bits per heavy atom. The molecular formula is C19H30N2O. The number of nitrogens with zero attached hydrogens (tertiary/aromatic N) is 1. The number of nitrogens with one attached hydrogen (secondary N) is 1. The number of unbranched alkanes of at least 4 members (excludes halogenated alkanes) is 4. The summed E-state index contributed by atoms with van der Waals surface area (Å²) in [5.41, 5.74) is 2.27. The first-order chi connectivity index (χ1) is 10.6. The molecule has 0 aliphatic rings. The predicted octanol–water partition coefficient (Wildman–Crippen LogP) is 4.34. The Labute approximate surface area is 134 Å². The quantitative estimate of drug-likeness (QED) is 0.662. The summed E-state index contributed by atoms with van der Waals surface area (Å²) < 4.78 is 5.84. The van der Waals surface area contributed by atoms with Crippen LogP contribution in [0, 0.1) is 6.92 Å². The number of rotatable bonds is 10. The van der Waals surface area contributed by atoms with E-state index in [1.165, 1.54) is 49.6 Å². The number of hydrogen-bond acceptors (Lipinski definition) is 3. The van der Waals surface area contributed by atoms with E-state index >= 15 is 0 Å². The Kier molecular flexibility index (Phi) is 6.94. The molecule has 3 nitrogen and oxygen atoms in total. The molecule has 0 aliphatic heterocycles.